The highest BCUT2D eigenvalue weighted by Gasteiger charge is 2.23. The van der Waals surface area contributed by atoms with Gasteiger partial charge in [0.2, 0.25) is 0 Å². The fraction of sp³-hybridized carbons (Fsp3) is 0.273. The molecule has 1 rings (SSSR count). The topological polar surface area (TPSA) is 83.8 Å². The van der Waals surface area contributed by atoms with Crippen molar-refractivity contribution in [1.82, 2.24) is 0 Å². The summed E-state index contributed by atoms with van der Waals surface area (Å²) in [6.07, 6.45) is -1.17. The van der Waals surface area contributed by atoms with Crippen LogP contribution in [-0.4, -0.2) is 28.3 Å². The third-order valence-corrected chi connectivity index (χ3v) is 2.10. The molecule has 0 aliphatic carbocycles. The minimum Gasteiger partial charge on any atom is -0.479 e. The van der Waals surface area contributed by atoms with Crippen LogP contribution in [0.2, 0.25) is 0 Å². The number of rotatable bonds is 5. The van der Waals surface area contributed by atoms with Crippen LogP contribution in [0.15, 0.2) is 18.2 Å². The normalized spacial score (nSPS) is 11.9. The van der Waals surface area contributed by atoms with Crippen LogP contribution in [0.5, 0.6) is 5.75 Å². The van der Waals surface area contributed by atoms with E-state index in [1.165, 1.54) is 6.07 Å². The molecule has 1 unspecified atom stereocenters. The lowest BCUT2D eigenvalue weighted by Crippen LogP contribution is -2.27. The zero-order valence-electron chi connectivity index (χ0n) is 9.01. The molecule has 0 spiro atoms. The van der Waals surface area contributed by atoms with E-state index in [2.05, 4.69) is 0 Å². The van der Waals surface area contributed by atoms with Crippen LogP contribution in [0.25, 0.3) is 0 Å². The minimum absolute atomic E-state index is 0.0999. The second-order valence-electron chi connectivity index (χ2n) is 3.27. The maximum atomic E-state index is 13.4. The van der Waals surface area contributed by atoms with Gasteiger partial charge in [0.25, 0.3) is 0 Å². The van der Waals surface area contributed by atoms with Crippen molar-refractivity contribution in [2.24, 2.45) is 0 Å². The molecular weight excluding hydrogens is 231 g/mol. The van der Waals surface area contributed by atoms with Crippen molar-refractivity contribution in [3.8, 4) is 5.75 Å². The number of ether oxygens (including phenoxy) is 1. The van der Waals surface area contributed by atoms with Crippen molar-refractivity contribution in [3.05, 3.63) is 29.6 Å². The molecule has 0 amide bonds. The SMILES string of the molecule is CCC(Oc1c(F)cccc1C(=O)O)C(=O)O. The summed E-state index contributed by atoms with van der Waals surface area (Å²) in [6, 6.07) is 3.37. The maximum Gasteiger partial charge on any atom is 0.344 e. The first-order valence-electron chi connectivity index (χ1n) is 4.88. The smallest absolute Gasteiger partial charge is 0.344 e. The molecular formula is C11H11FO5. The Labute approximate surface area is 96.4 Å². The Bertz CT molecular complexity index is 443. The summed E-state index contributed by atoms with van der Waals surface area (Å²) >= 11 is 0. The van der Waals surface area contributed by atoms with Gasteiger partial charge in [-0.3, -0.25) is 0 Å². The highest BCUT2D eigenvalue weighted by molar-refractivity contribution is 5.91. The van der Waals surface area contributed by atoms with Crippen molar-refractivity contribution >= 4 is 11.9 Å². The molecule has 0 saturated heterocycles. The molecule has 0 aliphatic rings. The third kappa shape index (κ3) is 2.93. The second kappa shape index (κ2) is 5.29. The number of benzene rings is 1. The number of para-hydroxylation sites is 1. The Morgan fingerprint density at radius 2 is 2.06 bits per heavy atom. The van der Waals surface area contributed by atoms with Gasteiger partial charge in [0.15, 0.2) is 17.7 Å². The molecule has 5 nitrogen and oxygen atoms in total. The molecule has 17 heavy (non-hydrogen) atoms. The Kier molecular flexibility index (Phi) is 4.03. The van der Waals surface area contributed by atoms with Gasteiger partial charge in [-0.1, -0.05) is 13.0 Å². The molecule has 0 bridgehead atoms. The quantitative estimate of drug-likeness (QED) is 0.821. The molecule has 0 aliphatic heterocycles. The summed E-state index contributed by atoms with van der Waals surface area (Å²) in [5.41, 5.74) is -0.398. The van der Waals surface area contributed by atoms with Gasteiger partial charge in [0, 0.05) is 0 Å². The van der Waals surface area contributed by atoms with Crippen LogP contribution in [-0.2, 0) is 4.79 Å². The molecule has 1 aromatic rings. The summed E-state index contributed by atoms with van der Waals surface area (Å²) in [5.74, 6) is -4.09. The van der Waals surface area contributed by atoms with Gasteiger partial charge in [0.05, 0.1) is 0 Å². The van der Waals surface area contributed by atoms with E-state index in [-0.39, 0.29) is 6.42 Å². The summed E-state index contributed by atoms with van der Waals surface area (Å²) < 4.78 is 18.3. The summed E-state index contributed by atoms with van der Waals surface area (Å²) in [7, 11) is 0. The molecule has 6 heteroatoms. The Hall–Kier alpha value is -2.11. The van der Waals surface area contributed by atoms with Crippen LogP contribution in [0.4, 0.5) is 4.39 Å². The summed E-state index contributed by atoms with van der Waals surface area (Å²) in [6.45, 7) is 1.54. The van der Waals surface area contributed by atoms with Crippen LogP contribution in [0.3, 0.4) is 0 Å². The number of hydrogen-bond donors (Lipinski definition) is 2. The molecule has 0 saturated carbocycles. The molecule has 2 N–H and O–H groups in total. The largest absolute Gasteiger partial charge is 0.479 e. The predicted molar refractivity (Wildman–Crippen MR) is 55.7 cm³/mol. The monoisotopic (exact) mass is 242 g/mol. The fourth-order valence-corrected chi connectivity index (χ4v) is 1.25. The van der Waals surface area contributed by atoms with E-state index < -0.39 is 35.2 Å². The number of carboxylic acid groups (broad SMARTS) is 2. The molecule has 1 atom stereocenters. The Balaban J connectivity index is 3.12. The van der Waals surface area contributed by atoms with Gasteiger partial charge < -0.3 is 14.9 Å². The van der Waals surface area contributed by atoms with E-state index >= 15 is 0 Å². The first-order valence-corrected chi connectivity index (χ1v) is 4.88. The van der Waals surface area contributed by atoms with Crippen LogP contribution in [0, 0.1) is 5.82 Å². The lowest BCUT2D eigenvalue weighted by molar-refractivity contribution is -0.145. The van der Waals surface area contributed by atoms with Gasteiger partial charge >= 0.3 is 11.9 Å². The summed E-state index contributed by atoms with van der Waals surface area (Å²) in [4.78, 5) is 21.6. The lowest BCUT2D eigenvalue weighted by Gasteiger charge is -2.15. The molecule has 0 fully saturated rings. The first-order chi connectivity index (χ1) is 7.97. The first kappa shape index (κ1) is 13.0. The van der Waals surface area contributed by atoms with Crippen LogP contribution >= 0.6 is 0 Å². The highest BCUT2D eigenvalue weighted by Crippen LogP contribution is 2.24. The number of carbonyl (C=O) groups is 2. The Morgan fingerprint density at radius 3 is 2.53 bits per heavy atom. The average molecular weight is 242 g/mol. The van der Waals surface area contributed by atoms with Gasteiger partial charge in [-0.05, 0) is 18.6 Å². The predicted octanol–water partition coefficient (Wildman–Crippen LogP) is 1.77. The van der Waals surface area contributed by atoms with E-state index in [1.54, 1.807) is 6.92 Å². The van der Waals surface area contributed by atoms with E-state index in [0.717, 1.165) is 12.1 Å². The van der Waals surface area contributed by atoms with Crippen molar-refractivity contribution in [2.45, 2.75) is 19.4 Å². The van der Waals surface area contributed by atoms with Gasteiger partial charge in [-0.15, -0.1) is 0 Å². The van der Waals surface area contributed by atoms with Gasteiger partial charge in [-0.25, -0.2) is 14.0 Å². The molecule has 0 heterocycles. The van der Waals surface area contributed by atoms with Crippen LogP contribution in [0.1, 0.15) is 23.7 Å². The highest BCUT2D eigenvalue weighted by atomic mass is 19.1. The van der Waals surface area contributed by atoms with E-state index in [4.69, 9.17) is 14.9 Å². The van der Waals surface area contributed by atoms with E-state index in [9.17, 15) is 14.0 Å². The van der Waals surface area contributed by atoms with Crippen molar-refractivity contribution in [2.75, 3.05) is 0 Å². The number of carboxylic acids is 2. The third-order valence-electron chi connectivity index (χ3n) is 2.10. The molecule has 1 aromatic carbocycles. The molecule has 92 valence electrons. The standard InChI is InChI=1S/C11H11FO5/c1-2-8(11(15)16)17-9-6(10(13)14)4-3-5-7(9)12/h3-5,8H,2H2,1H3,(H,13,14)(H,15,16). The summed E-state index contributed by atoms with van der Waals surface area (Å²) in [5, 5.41) is 17.6. The van der Waals surface area contributed by atoms with Crippen molar-refractivity contribution < 1.29 is 28.9 Å². The number of hydrogen-bond acceptors (Lipinski definition) is 3. The van der Waals surface area contributed by atoms with Crippen LogP contribution < -0.4 is 4.74 Å². The Morgan fingerprint density at radius 1 is 1.41 bits per heavy atom. The minimum atomic E-state index is -1.38. The zero-order chi connectivity index (χ0) is 13.0. The van der Waals surface area contributed by atoms with Crippen molar-refractivity contribution in [3.63, 3.8) is 0 Å². The second-order valence-corrected chi connectivity index (χ2v) is 3.27. The lowest BCUT2D eigenvalue weighted by atomic mass is 10.2. The zero-order valence-corrected chi connectivity index (χ0v) is 9.01. The van der Waals surface area contributed by atoms with E-state index in [0.29, 0.717) is 0 Å². The number of aromatic carboxylic acids is 1. The van der Waals surface area contributed by atoms with Gasteiger partial charge in [-0.2, -0.15) is 0 Å². The van der Waals surface area contributed by atoms with E-state index in [1.807, 2.05) is 0 Å². The van der Waals surface area contributed by atoms with Gasteiger partial charge in [0.1, 0.15) is 5.56 Å². The molecule has 0 radical (unpaired) electrons. The maximum absolute atomic E-state index is 13.4. The van der Waals surface area contributed by atoms with Crippen molar-refractivity contribution in [1.29, 1.82) is 0 Å². The molecule has 0 aromatic heterocycles. The average Bonchev–Trinajstić information content (AvgIpc) is 2.26. The number of halogens is 1. The fourth-order valence-electron chi connectivity index (χ4n) is 1.25. The number of aliphatic carboxylic acids is 1.